The van der Waals surface area contributed by atoms with E-state index in [9.17, 15) is 4.79 Å². The normalized spacial score (nSPS) is 22.0. The molecule has 1 aromatic heterocycles. The van der Waals surface area contributed by atoms with Gasteiger partial charge in [-0.3, -0.25) is 4.68 Å². The van der Waals surface area contributed by atoms with Crippen molar-refractivity contribution in [2.75, 3.05) is 6.54 Å². The fourth-order valence-corrected chi connectivity index (χ4v) is 2.31. The SMILES string of the molecule is CC(C)(C)OC(=O)N1CC(N=[N+]=[N-])C[C@@H]1Cn1cncn1. The second-order valence-electron chi connectivity index (χ2n) is 6.00. The molecular formula is C12H19N7O2. The van der Waals surface area contributed by atoms with Crippen LogP contribution in [0, 0.1) is 0 Å². The first-order valence-electron chi connectivity index (χ1n) is 6.75. The van der Waals surface area contributed by atoms with Crippen LogP contribution in [0.4, 0.5) is 4.79 Å². The maximum absolute atomic E-state index is 12.3. The lowest BCUT2D eigenvalue weighted by atomic mass is 10.2. The number of hydrogen-bond acceptors (Lipinski definition) is 5. The molecule has 0 saturated carbocycles. The molecule has 1 saturated heterocycles. The first kappa shape index (κ1) is 15.1. The average Bonchev–Trinajstić information content (AvgIpc) is 2.98. The number of nitrogens with zero attached hydrogens (tertiary/aromatic N) is 7. The number of ether oxygens (including phenoxy) is 1. The molecule has 0 bridgehead atoms. The number of likely N-dealkylation sites (tertiary alicyclic amines) is 1. The molecule has 0 spiro atoms. The fraction of sp³-hybridized carbons (Fsp3) is 0.750. The van der Waals surface area contributed by atoms with Crippen molar-refractivity contribution in [1.82, 2.24) is 19.7 Å². The van der Waals surface area contributed by atoms with Gasteiger partial charge in [0.2, 0.25) is 0 Å². The highest BCUT2D eigenvalue weighted by Crippen LogP contribution is 2.24. The smallest absolute Gasteiger partial charge is 0.410 e. The molecule has 9 nitrogen and oxygen atoms in total. The molecule has 0 radical (unpaired) electrons. The van der Waals surface area contributed by atoms with E-state index in [1.54, 1.807) is 15.9 Å². The minimum Gasteiger partial charge on any atom is -0.444 e. The first-order chi connectivity index (χ1) is 9.89. The first-order valence-corrected chi connectivity index (χ1v) is 6.75. The summed E-state index contributed by atoms with van der Waals surface area (Å²) in [7, 11) is 0. The van der Waals surface area contributed by atoms with E-state index in [2.05, 4.69) is 20.1 Å². The summed E-state index contributed by atoms with van der Waals surface area (Å²) in [4.78, 5) is 20.6. The van der Waals surface area contributed by atoms with Crippen molar-refractivity contribution in [3.05, 3.63) is 23.1 Å². The summed E-state index contributed by atoms with van der Waals surface area (Å²) in [5, 5.41) is 7.76. The summed E-state index contributed by atoms with van der Waals surface area (Å²) in [5.74, 6) is 0. The zero-order valence-electron chi connectivity index (χ0n) is 12.4. The van der Waals surface area contributed by atoms with Crippen molar-refractivity contribution < 1.29 is 9.53 Å². The number of rotatable bonds is 3. The Kier molecular flexibility index (Phi) is 4.32. The van der Waals surface area contributed by atoms with Gasteiger partial charge in [-0.05, 0) is 32.7 Å². The van der Waals surface area contributed by atoms with Crippen LogP contribution in [-0.2, 0) is 11.3 Å². The second kappa shape index (κ2) is 6.01. The van der Waals surface area contributed by atoms with Gasteiger partial charge < -0.3 is 9.64 Å². The molecule has 9 heteroatoms. The summed E-state index contributed by atoms with van der Waals surface area (Å²) >= 11 is 0. The number of aromatic nitrogens is 3. The van der Waals surface area contributed by atoms with Crippen molar-refractivity contribution in [1.29, 1.82) is 0 Å². The van der Waals surface area contributed by atoms with E-state index >= 15 is 0 Å². The molecule has 0 aromatic carbocycles. The molecule has 114 valence electrons. The molecule has 0 N–H and O–H groups in total. The summed E-state index contributed by atoms with van der Waals surface area (Å²) in [6.45, 7) is 6.31. The molecule has 1 aromatic rings. The van der Waals surface area contributed by atoms with Crippen LogP contribution in [0.25, 0.3) is 10.4 Å². The van der Waals surface area contributed by atoms with Gasteiger partial charge in [-0.15, -0.1) is 0 Å². The highest BCUT2D eigenvalue weighted by atomic mass is 16.6. The van der Waals surface area contributed by atoms with Gasteiger partial charge in [0.05, 0.1) is 18.6 Å². The van der Waals surface area contributed by atoms with Crippen LogP contribution in [-0.4, -0.2) is 50.0 Å². The third-order valence-electron chi connectivity index (χ3n) is 3.10. The third kappa shape index (κ3) is 4.09. The lowest BCUT2D eigenvalue weighted by Gasteiger charge is -2.28. The summed E-state index contributed by atoms with van der Waals surface area (Å²) in [5.41, 5.74) is 8.01. The minimum atomic E-state index is -0.564. The van der Waals surface area contributed by atoms with Crippen molar-refractivity contribution in [2.45, 2.75) is 51.4 Å². The van der Waals surface area contributed by atoms with Crippen molar-refractivity contribution >= 4 is 6.09 Å². The number of carbonyl (C=O) groups excluding carboxylic acids is 1. The van der Waals surface area contributed by atoms with Crippen LogP contribution in [0.15, 0.2) is 17.8 Å². The molecule has 2 atom stereocenters. The van der Waals surface area contributed by atoms with E-state index in [0.717, 1.165) is 0 Å². The van der Waals surface area contributed by atoms with Gasteiger partial charge in [0.15, 0.2) is 0 Å². The Hall–Kier alpha value is -2.28. The zero-order chi connectivity index (χ0) is 15.5. The van der Waals surface area contributed by atoms with E-state index in [0.29, 0.717) is 19.5 Å². The van der Waals surface area contributed by atoms with Gasteiger partial charge in [-0.25, -0.2) is 9.78 Å². The maximum atomic E-state index is 12.3. The van der Waals surface area contributed by atoms with E-state index in [1.165, 1.54) is 6.33 Å². The number of azide groups is 1. The lowest BCUT2D eigenvalue weighted by Crippen LogP contribution is -2.41. The molecule has 1 amide bonds. The van der Waals surface area contributed by atoms with Gasteiger partial charge >= 0.3 is 6.09 Å². The van der Waals surface area contributed by atoms with Crippen LogP contribution in [0.3, 0.4) is 0 Å². The summed E-state index contributed by atoms with van der Waals surface area (Å²) in [6, 6.07) is -0.368. The second-order valence-corrected chi connectivity index (χ2v) is 6.00. The predicted octanol–water partition coefficient (Wildman–Crippen LogP) is 1.97. The Morgan fingerprint density at radius 3 is 2.90 bits per heavy atom. The van der Waals surface area contributed by atoms with Gasteiger partial charge in [0.1, 0.15) is 18.3 Å². The maximum Gasteiger partial charge on any atom is 0.410 e. The Labute approximate surface area is 122 Å². The summed E-state index contributed by atoms with van der Waals surface area (Å²) in [6.07, 6.45) is 3.22. The number of hydrogen-bond donors (Lipinski definition) is 0. The van der Waals surface area contributed by atoms with Gasteiger partial charge in [0.25, 0.3) is 0 Å². The van der Waals surface area contributed by atoms with Crippen molar-refractivity contribution in [2.24, 2.45) is 5.11 Å². The Balaban J connectivity index is 2.10. The molecule has 0 aliphatic carbocycles. The molecular weight excluding hydrogens is 274 g/mol. The van der Waals surface area contributed by atoms with Gasteiger partial charge in [0, 0.05) is 11.5 Å². The van der Waals surface area contributed by atoms with Crippen molar-refractivity contribution in [3.8, 4) is 0 Å². The Morgan fingerprint density at radius 2 is 2.33 bits per heavy atom. The number of carbonyl (C=O) groups is 1. The number of amides is 1. The van der Waals surface area contributed by atoms with Gasteiger partial charge in [-0.2, -0.15) is 5.10 Å². The predicted molar refractivity (Wildman–Crippen MR) is 74.3 cm³/mol. The van der Waals surface area contributed by atoms with Crippen LogP contribution in [0.5, 0.6) is 0 Å². The molecule has 1 fully saturated rings. The quantitative estimate of drug-likeness (QED) is 0.482. The Morgan fingerprint density at radius 1 is 1.57 bits per heavy atom. The zero-order valence-corrected chi connectivity index (χ0v) is 12.4. The third-order valence-corrected chi connectivity index (χ3v) is 3.10. The Bertz CT molecular complexity index is 530. The highest BCUT2D eigenvalue weighted by Gasteiger charge is 2.37. The molecule has 1 unspecified atom stereocenters. The van der Waals surface area contributed by atoms with Crippen LogP contribution < -0.4 is 0 Å². The average molecular weight is 293 g/mol. The molecule has 1 aliphatic rings. The molecule has 21 heavy (non-hydrogen) atoms. The van der Waals surface area contributed by atoms with E-state index < -0.39 is 11.7 Å². The monoisotopic (exact) mass is 293 g/mol. The highest BCUT2D eigenvalue weighted by molar-refractivity contribution is 5.69. The summed E-state index contributed by atoms with van der Waals surface area (Å²) < 4.78 is 7.06. The topological polar surface area (TPSA) is 109 Å². The van der Waals surface area contributed by atoms with Gasteiger partial charge in [-0.1, -0.05) is 5.11 Å². The standard InChI is InChI=1S/C12H19N7O2/c1-12(2,3)21-11(20)19-5-9(16-17-13)4-10(19)6-18-8-14-7-15-18/h7-10H,4-6H2,1-3H3/t9?,10-/m1/s1. The fourth-order valence-electron chi connectivity index (χ4n) is 2.31. The van der Waals surface area contributed by atoms with Crippen LogP contribution in [0.2, 0.25) is 0 Å². The minimum absolute atomic E-state index is 0.128. The van der Waals surface area contributed by atoms with Crippen molar-refractivity contribution in [3.63, 3.8) is 0 Å². The van der Waals surface area contributed by atoms with E-state index in [-0.39, 0.29) is 12.1 Å². The van der Waals surface area contributed by atoms with E-state index in [1.807, 2.05) is 20.8 Å². The van der Waals surface area contributed by atoms with Crippen LogP contribution in [0.1, 0.15) is 27.2 Å². The molecule has 1 aliphatic heterocycles. The van der Waals surface area contributed by atoms with Crippen LogP contribution >= 0.6 is 0 Å². The van der Waals surface area contributed by atoms with E-state index in [4.69, 9.17) is 10.3 Å². The molecule has 2 heterocycles. The largest absolute Gasteiger partial charge is 0.444 e. The lowest BCUT2D eigenvalue weighted by molar-refractivity contribution is 0.0210. The molecule has 2 rings (SSSR count).